The van der Waals surface area contributed by atoms with Gasteiger partial charge in [-0.15, -0.1) is 0 Å². The van der Waals surface area contributed by atoms with Crippen molar-refractivity contribution in [1.29, 1.82) is 0 Å². The number of carboxylic acids is 1. The normalized spacial score (nSPS) is 16.2. The topological polar surface area (TPSA) is 84.1 Å². The molecule has 0 unspecified atom stereocenters. The zero-order valence-corrected chi connectivity index (χ0v) is 13.4. The average Bonchev–Trinajstić information content (AvgIpc) is 3.00. The molecule has 0 radical (unpaired) electrons. The Morgan fingerprint density at radius 2 is 1.96 bits per heavy atom. The zero-order valence-electron chi connectivity index (χ0n) is 13.4. The minimum Gasteiger partial charge on any atom is -0.481 e. The highest BCUT2D eigenvalue weighted by atomic mass is 19.4. The summed E-state index contributed by atoms with van der Waals surface area (Å²) in [4.78, 5) is 20.5. The van der Waals surface area contributed by atoms with Crippen molar-refractivity contribution in [1.82, 2.24) is 19.7 Å². The summed E-state index contributed by atoms with van der Waals surface area (Å²) in [5.74, 6) is -1.42. The van der Waals surface area contributed by atoms with Crippen molar-refractivity contribution in [2.24, 2.45) is 13.0 Å². The molecule has 2 aromatic heterocycles. The molecule has 1 aliphatic rings. The Morgan fingerprint density at radius 3 is 2.48 bits per heavy atom. The second kappa shape index (κ2) is 6.34. The molecule has 1 saturated heterocycles. The monoisotopic (exact) mass is 355 g/mol. The van der Waals surface area contributed by atoms with E-state index in [1.165, 1.54) is 10.9 Å². The number of piperidine rings is 1. The summed E-state index contributed by atoms with van der Waals surface area (Å²) in [5, 5.41) is 13.0. The van der Waals surface area contributed by atoms with E-state index in [-0.39, 0.29) is 11.6 Å². The van der Waals surface area contributed by atoms with E-state index >= 15 is 0 Å². The van der Waals surface area contributed by atoms with Crippen molar-refractivity contribution >= 4 is 11.9 Å². The van der Waals surface area contributed by atoms with E-state index in [2.05, 4.69) is 15.1 Å². The van der Waals surface area contributed by atoms with Gasteiger partial charge in [0, 0.05) is 31.9 Å². The summed E-state index contributed by atoms with van der Waals surface area (Å²) in [6, 6.07) is 0.893. The number of hydrogen-bond donors (Lipinski definition) is 1. The van der Waals surface area contributed by atoms with E-state index < -0.39 is 23.8 Å². The Bertz CT molecular complexity index is 782. The molecule has 0 aromatic carbocycles. The molecular weight excluding hydrogens is 339 g/mol. The van der Waals surface area contributed by atoms with Crippen molar-refractivity contribution in [3.63, 3.8) is 0 Å². The molecule has 7 nitrogen and oxygen atoms in total. The van der Waals surface area contributed by atoms with Crippen molar-refractivity contribution in [2.45, 2.75) is 19.0 Å². The van der Waals surface area contributed by atoms with E-state index in [1.807, 2.05) is 0 Å². The van der Waals surface area contributed by atoms with Crippen LogP contribution in [0.1, 0.15) is 18.5 Å². The van der Waals surface area contributed by atoms with E-state index in [4.69, 9.17) is 5.11 Å². The molecule has 134 valence electrons. The first kappa shape index (κ1) is 17.2. The Kier molecular flexibility index (Phi) is 4.36. The summed E-state index contributed by atoms with van der Waals surface area (Å²) in [6.45, 7) is 0.593. The quantitative estimate of drug-likeness (QED) is 0.909. The lowest BCUT2D eigenvalue weighted by molar-refractivity contribution is -0.142. The summed E-state index contributed by atoms with van der Waals surface area (Å²) in [6.07, 6.45) is -0.909. The zero-order chi connectivity index (χ0) is 18.2. The average molecular weight is 355 g/mol. The number of anilines is 1. The van der Waals surface area contributed by atoms with Gasteiger partial charge >= 0.3 is 12.1 Å². The molecule has 0 bridgehead atoms. The van der Waals surface area contributed by atoms with Crippen molar-refractivity contribution in [3.8, 4) is 11.3 Å². The third-order valence-corrected chi connectivity index (χ3v) is 4.13. The number of hydrogen-bond acceptors (Lipinski definition) is 5. The molecule has 10 heteroatoms. The van der Waals surface area contributed by atoms with Gasteiger partial charge in [0.05, 0.1) is 17.8 Å². The lowest BCUT2D eigenvalue weighted by Crippen LogP contribution is -2.37. The standard InChI is InChI=1S/C15H16F3N5O2/c1-22-8-10(7-19-22)11-6-12(15(16,17)18)21-14(20-11)23-4-2-9(3-5-23)13(24)25/h6-9H,2-5H2,1H3,(H,24,25). The molecule has 1 aliphatic heterocycles. The second-order valence-corrected chi connectivity index (χ2v) is 5.94. The van der Waals surface area contributed by atoms with E-state index in [0.29, 0.717) is 31.5 Å². The van der Waals surface area contributed by atoms with Gasteiger partial charge in [0.2, 0.25) is 5.95 Å². The lowest BCUT2D eigenvalue weighted by atomic mass is 9.97. The van der Waals surface area contributed by atoms with Crippen LogP contribution in [0.4, 0.5) is 19.1 Å². The summed E-state index contributed by atoms with van der Waals surface area (Å²) in [7, 11) is 1.66. The molecule has 25 heavy (non-hydrogen) atoms. The number of alkyl halides is 3. The number of carbonyl (C=O) groups is 1. The largest absolute Gasteiger partial charge is 0.481 e. The van der Waals surface area contributed by atoms with Gasteiger partial charge in [-0.3, -0.25) is 9.48 Å². The van der Waals surface area contributed by atoms with Crippen LogP contribution in [0.15, 0.2) is 18.5 Å². The Labute approximate surface area is 141 Å². The van der Waals surface area contributed by atoms with Crippen LogP contribution in [-0.4, -0.2) is 43.9 Å². The summed E-state index contributed by atoms with van der Waals surface area (Å²) < 4.78 is 41.1. The second-order valence-electron chi connectivity index (χ2n) is 5.94. The number of halogens is 3. The smallest absolute Gasteiger partial charge is 0.433 e. The van der Waals surface area contributed by atoms with Gasteiger partial charge in [-0.1, -0.05) is 0 Å². The summed E-state index contributed by atoms with van der Waals surface area (Å²) in [5.41, 5.74) is -0.445. The fourth-order valence-corrected chi connectivity index (χ4v) is 2.75. The van der Waals surface area contributed by atoms with Gasteiger partial charge in [-0.05, 0) is 18.9 Å². The van der Waals surface area contributed by atoms with Crippen molar-refractivity contribution in [2.75, 3.05) is 18.0 Å². The highest BCUT2D eigenvalue weighted by Gasteiger charge is 2.35. The molecule has 3 heterocycles. The fraction of sp³-hybridized carbons (Fsp3) is 0.467. The first-order valence-corrected chi connectivity index (χ1v) is 7.67. The molecule has 0 saturated carbocycles. The highest BCUT2D eigenvalue weighted by molar-refractivity contribution is 5.70. The van der Waals surface area contributed by atoms with Gasteiger partial charge in [0.15, 0.2) is 5.69 Å². The Balaban J connectivity index is 1.95. The Morgan fingerprint density at radius 1 is 1.28 bits per heavy atom. The van der Waals surface area contributed by atoms with Gasteiger partial charge in [-0.2, -0.15) is 18.3 Å². The van der Waals surface area contributed by atoms with Gasteiger partial charge in [0.25, 0.3) is 0 Å². The molecule has 2 aromatic rings. The van der Waals surface area contributed by atoms with Crippen LogP contribution in [0.3, 0.4) is 0 Å². The van der Waals surface area contributed by atoms with Crippen LogP contribution < -0.4 is 4.90 Å². The fourth-order valence-electron chi connectivity index (χ4n) is 2.75. The third-order valence-electron chi connectivity index (χ3n) is 4.13. The number of carboxylic acid groups (broad SMARTS) is 1. The van der Waals surface area contributed by atoms with Gasteiger partial charge < -0.3 is 10.0 Å². The maximum Gasteiger partial charge on any atom is 0.433 e. The maximum absolute atomic E-state index is 13.2. The number of rotatable bonds is 3. The number of aryl methyl sites for hydroxylation is 1. The molecule has 1 fully saturated rings. The van der Waals surface area contributed by atoms with E-state index in [1.54, 1.807) is 18.1 Å². The first-order valence-electron chi connectivity index (χ1n) is 7.67. The number of aliphatic carboxylic acids is 1. The van der Waals surface area contributed by atoms with Crippen LogP contribution in [0.5, 0.6) is 0 Å². The van der Waals surface area contributed by atoms with Gasteiger partial charge in [0.1, 0.15) is 0 Å². The van der Waals surface area contributed by atoms with E-state index in [0.717, 1.165) is 6.07 Å². The highest BCUT2D eigenvalue weighted by Crippen LogP contribution is 2.32. The van der Waals surface area contributed by atoms with Crippen LogP contribution >= 0.6 is 0 Å². The maximum atomic E-state index is 13.2. The first-order chi connectivity index (χ1) is 11.7. The summed E-state index contributed by atoms with van der Waals surface area (Å²) >= 11 is 0. The molecule has 1 N–H and O–H groups in total. The Hall–Kier alpha value is -2.65. The minimum absolute atomic E-state index is 0.0440. The number of aromatic nitrogens is 4. The molecular formula is C15H16F3N5O2. The van der Waals surface area contributed by atoms with E-state index in [9.17, 15) is 18.0 Å². The molecule has 3 rings (SSSR count). The number of nitrogens with zero attached hydrogens (tertiary/aromatic N) is 5. The predicted molar refractivity (Wildman–Crippen MR) is 81.8 cm³/mol. The van der Waals surface area contributed by atoms with Crippen molar-refractivity contribution < 1.29 is 23.1 Å². The molecule has 0 spiro atoms. The third kappa shape index (κ3) is 3.72. The van der Waals surface area contributed by atoms with Crippen LogP contribution in [0.25, 0.3) is 11.3 Å². The minimum atomic E-state index is -4.60. The molecule has 0 aliphatic carbocycles. The van der Waals surface area contributed by atoms with Crippen LogP contribution in [-0.2, 0) is 18.0 Å². The predicted octanol–water partition coefficient (Wildman–Crippen LogP) is 2.20. The SMILES string of the molecule is Cn1cc(-c2cc(C(F)(F)F)nc(N3CCC(C(=O)O)CC3)n2)cn1. The van der Waals surface area contributed by atoms with Crippen LogP contribution in [0.2, 0.25) is 0 Å². The molecule has 0 atom stereocenters. The van der Waals surface area contributed by atoms with Gasteiger partial charge in [-0.25, -0.2) is 9.97 Å². The van der Waals surface area contributed by atoms with Crippen molar-refractivity contribution in [3.05, 3.63) is 24.2 Å². The molecule has 0 amide bonds. The van der Waals surface area contributed by atoms with Crippen LogP contribution in [0, 0.1) is 5.92 Å². The lowest BCUT2D eigenvalue weighted by Gasteiger charge is -2.30.